The Morgan fingerprint density at radius 2 is 1.94 bits per heavy atom. The van der Waals surface area contributed by atoms with Gasteiger partial charge in [0.25, 0.3) is 0 Å². The van der Waals surface area contributed by atoms with Crippen molar-refractivity contribution in [2.24, 2.45) is 11.7 Å². The number of nitrogens with two attached hydrogens (primary N) is 1. The molecule has 0 bridgehead atoms. The molecule has 0 radical (unpaired) electrons. The number of benzene rings is 1. The summed E-state index contributed by atoms with van der Waals surface area (Å²) in [4.78, 5) is 0. The first-order valence-electron chi connectivity index (χ1n) is 5.63. The Bertz CT molecular complexity index is 344. The number of rotatable bonds is 5. The van der Waals surface area contributed by atoms with Gasteiger partial charge in [-0.15, -0.1) is 12.4 Å². The van der Waals surface area contributed by atoms with Crippen LogP contribution in [-0.2, 0) is 0 Å². The van der Waals surface area contributed by atoms with Crippen LogP contribution in [0.5, 0.6) is 5.75 Å². The third-order valence-corrected chi connectivity index (χ3v) is 2.66. The van der Waals surface area contributed by atoms with Crippen LogP contribution in [0.2, 0.25) is 0 Å². The van der Waals surface area contributed by atoms with E-state index in [2.05, 4.69) is 13.8 Å². The lowest BCUT2D eigenvalue weighted by atomic mass is 9.98. The lowest BCUT2D eigenvalue weighted by Gasteiger charge is -2.14. The molecule has 1 aromatic carbocycles. The zero-order valence-electron chi connectivity index (χ0n) is 10.6. The monoisotopic (exact) mass is 261 g/mol. The summed E-state index contributed by atoms with van der Waals surface area (Å²) in [5.41, 5.74) is 6.97. The Labute approximate surface area is 109 Å². The fraction of sp³-hybridized carbons (Fsp3) is 0.538. The van der Waals surface area contributed by atoms with Crippen LogP contribution in [0.25, 0.3) is 0 Å². The molecule has 17 heavy (non-hydrogen) atoms. The zero-order valence-corrected chi connectivity index (χ0v) is 11.4. The first-order valence-corrected chi connectivity index (χ1v) is 5.63. The molecule has 0 unspecified atom stereocenters. The van der Waals surface area contributed by atoms with E-state index in [1.54, 1.807) is 12.1 Å². The fourth-order valence-electron chi connectivity index (χ4n) is 1.59. The summed E-state index contributed by atoms with van der Waals surface area (Å²) in [7, 11) is 1.46. The number of ether oxygens (including phenoxy) is 1. The van der Waals surface area contributed by atoms with Crippen molar-refractivity contribution in [3.05, 3.63) is 29.6 Å². The summed E-state index contributed by atoms with van der Waals surface area (Å²) in [5.74, 6) is 0.549. The van der Waals surface area contributed by atoms with Crippen LogP contribution in [0, 0.1) is 11.7 Å². The summed E-state index contributed by atoms with van der Waals surface area (Å²) >= 11 is 0. The van der Waals surface area contributed by atoms with Crippen molar-refractivity contribution in [3.63, 3.8) is 0 Å². The van der Waals surface area contributed by atoms with E-state index in [9.17, 15) is 4.39 Å². The van der Waals surface area contributed by atoms with Crippen LogP contribution in [0.1, 0.15) is 38.3 Å². The second-order valence-corrected chi connectivity index (χ2v) is 4.47. The highest BCUT2D eigenvalue weighted by Crippen LogP contribution is 2.24. The molecule has 0 aliphatic heterocycles. The lowest BCUT2D eigenvalue weighted by molar-refractivity contribution is 0.385. The fourth-order valence-corrected chi connectivity index (χ4v) is 1.59. The maximum Gasteiger partial charge on any atom is 0.165 e. The maximum absolute atomic E-state index is 13.2. The summed E-state index contributed by atoms with van der Waals surface area (Å²) < 4.78 is 18.1. The molecule has 1 aromatic rings. The van der Waals surface area contributed by atoms with E-state index in [-0.39, 0.29) is 30.0 Å². The third kappa shape index (κ3) is 4.92. The average Bonchev–Trinajstić information content (AvgIpc) is 2.26. The largest absolute Gasteiger partial charge is 0.494 e. The van der Waals surface area contributed by atoms with E-state index in [0.29, 0.717) is 5.92 Å². The molecule has 0 aromatic heterocycles. The quantitative estimate of drug-likeness (QED) is 0.877. The standard InChI is InChI=1S/C13H20FNO.ClH/c1-9(2)4-7-12(15)10-5-6-11(14)13(8-10)16-3;/h5-6,8-9,12H,4,7,15H2,1-3H3;1H/t12-;/m0./s1. The molecule has 4 heteroatoms. The SMILES string of the molecule is COc1cc([C@@H](N)CCC(C)C)ccc1F.Cl. The topological polar surface area (TPSA) is 35.2 Å². The lowest BCUT2D eigenvalue weighted by Crippen LogP contribution is -2.11. The molecule has 0 saturated heterocycles. The smallest absolute Gasteiger partial charge is 0.165 e. The molecule has 2 nitrogen and oxygen atoms in total. The van der Waals surface area contributed by atoms with Gasteiger partial charge < -0.3 is 10.5 Å². The van der Waals surface area contributed by atoms with Crippen LogP contribution in [0.3, 0.4) is 0 Å². The van der Waals surface area contributed by atoms with E-state index in [1.807, 2.05) is 0 Å². The minimum Gasteiger partial charge on any atom is -0.494 e. The van der Waals surface area contributed by atoms with Crippen molar-refractivity contribution < 1.29 is 9.13 Å². The van der Waals surface area contributed by atoms with Gasteiger partial charge in [-0.05, 0) is 36.5 Å². The van der Waals surface area contributed by atoms with E-state index >= 15 is 0 Å². The summed E-state index contributed by atoms with van der Waals surface area (Å²) in [6.45, 7) is 4.33. The van der Waals surface area contributed by atoms with E-state index in [4.69, 9.17) is 10.5 Å². The molecular weight excluding hydrogens is 241 g/mol. The number of hydrogen-bond acceptors (Lipinski definition) is 2. The molecule has 0 saturated carbocycles. The van der Waals surface area contributed by atoms with Crippen molar-refractivity contribution in [1.29, 1.82) is 0 Å². The molecule has 2 N–H and O–H groups in total. The van der Waals surface area contributed by atoms with Crippen LogP contribution in [0.4, 0.5) is 4.39 Å². The normalized spacial score (nSPS) is 12.1. The molecular formula is C13H21ClFNO. The second kappa shape index (κ2) is 7.51. The van der Waals surface area contributed by atoms with Gasteiger partial charge in [-0.2, -0.15) is 0 Å². The van der Waals surface area contributed by atoms with E-state index < -0.39 is 0 Å². The molecule has 0 aliphatic rings. The van der Waals surface area contributed by atoms with Crippen molar-refractivity contribution in [2.45, 2.75) is 32.7 Å². The average molecular weight is 262 g/mol. The van der Waals surface area contributed by atoms with Crippen LogP contribution < -0.4 is 10.5 Å². The maximum atomic E-state index is 13.2. The second-order valence-electron chi connectivity index (χ2n) is 4.47. The number of halogens is 2. The van der Waals surface area contributed by atoms with Gasteiger partial charge >= 0.3 is 0 Å². The Morgan fingerprint density at radius 1 is 1.29 bits per heavy atom. The van der Waals surface area contributed by atoms with E-state index in [1.165, 1.54) is 13.2 Å². The molecule has 0 fully saturated rings. The summed E-state index contributed by atoms with van der Waals surface area (Å²) in [6.07, 6.45) is 1.98. The molecule has 0 spiro atoms. The van der Waals surface area contributed by atoms with Crippen LogP contribution in [0.15, 0.2) is 18.2 Å². The predicted molar refractivity (Wildman–Crippen MR) is 71.2 cm³/mol. The molecule has 1 rings (SSSR count). The number of methoxy groups -OCH3 is 1. The highest BCUT2D eigenvalue weighted by molar-refractivity contribution is 5.85. The summed E-state index contributed by atoms with van der Waals surface area (Å²) in [6, 6.07) is 4.77. The van der Waals surface area contributed by atoms with Gasteiger partial charge in [0.1, 0.15) is 0 Å². The van der Waals surface area contributed by atoms with Gasteiger partial charge in [-0.3, -0.25) is 0 Å². The Hall–Kier alpha value is -0.800. The molecule has 1 atom stereocenters. The minimum atomic E-state index is -0.345. The predicted octanol–water partition coefficient (Wildman–Crippen LogP) is 3.69. The van der Waals surface area contributed by atoms with Crippen molar-refractivity contribution in [1.82, 2.24) is 0 Å². The van der Waals surface area contributed by atoms with Crippen molar-refractivity contribution in [3.8, 4) is 5.75 Å². The van der Waals surface area contributed by atoms with Gasteiger partial charge in [0.15, 0.2) is 11.6 Å². The van der Waals surface area contributed by atoms with Gasteiger partial charge in [0, 0.05) is 6.04 Å². The molecule has 0 amide bonds. The first kappa shape index (κ1) is 16.2. The van der Waals surface area contributed by atoms with Gasteiger partial charge in [0.2, 0.25) is 0 Å². The first-order chi connectivity index (χ1) is 7.54. The van der Waals surface area contributed by atoms with Gasteiger partial charge in [0.05, 0.1) is 7.11 Å². The highest BCUT2D eigenvalue weighted by Gasteiger charge is 2.10. The van der Waals surface area contributed by atoms with Crippen molar-refractivity contribution in [2.75, 3.05) is 7.11 Å². The molecule has 98 valence electrons. The molecule has 0 aliphatic carbocycles. The third-order valence-electron chi connectivity index (χ3n) is 2.66. The Morgan fingerprint density at radius 3 is 2.47 bits per heavy atom. The minimum absolute atomic E-state index is 0. The van der Waals surface area contributed by atoms with Crippen LogP contribution >= 0.6 is 12.4 Å². The highest BCUT2D eigenvalue weighted by atomic mass is 35.5. The zero-order chi connectivity index (χ0) is 12.1. The van der Waals surface area contributed by atoms with Crippen molar-refractivity contribution >= 4 is 12.4 Å². The van der Waals surface area contributed by atoms with E-state index in [0.717, 1.165) is 18.4 Å². The summed E-state index contributed by atoms with van der Waals surface area (Å²) in [5, 5.41) is 0. The van der Waals surface area contributed by atoms with Gasteiger partial charge in [-0.1, -0.05) is 19.9 Å². The van der Waals surface area contributed by atoms with Gasteiger partial charge in [-0.25, -0.2) is 4.39 Å². The Kier molecular flexibility index (Phi) is 7.16. The van der Waals surface area contributed by atoms with Crippen LogP contribution in [-0.4, -0.2) is 7.11 Å². The Balaban J connectivity index is 0.00000256. The molecule has 0 heterocycles. The number of hydrogen-bond donors (Lipinski definition) is 1.